The second kappa shape index (κ2) is 15.3. The molecule has 3 aromatic carbocycles. The van der Waals surface area contributed by atoms with E-state index in [1.54, 1.807) is 48.2 Å². The molecule has 9 heteroatoms. The maximum atomic E-state index is 12.8. The molecule has 200 valence electrons. The smallest absolute Gasteiger partial charge is 0.412 e. The number of amides is 2. The molecule has 0 aromatic heterocycles. The fourth-order valence-electron chi connectivity index (χ4n) is 3.66. The van der Waals surface area contributed by atoms with E-state index >= 15 is 0 Å². The SMILES string of the molecule is CSc1ccc(NC(=O)O[C@@H](CCC/C=C/C(=O)Nc2ccccc2N)c2ccccc2OCCO)cc1. The van der Waals surface area contributed by atoms with Crippen LogP contribution in [-0.4, -0.2) is 36.6 Å². The Balaban J connectivity index is 1.62. The van der Waals surface area contributed by atoms with Crippen LogP contribution in [-0.2, 0) is 9.53 Å². The number of hydrogen-bond donors (Lipinski definition) is 4. The molecule has 0 spiro atoms. The van der Waals surface area contributed by atoms with Crippen molar-refractivity contribution in [3.63, 3.8) is 0 Å². The van der Waals surface area contributed by atoms with Crippen LogP contribution in [0.4, 0.5) is 21.9 Å². The number of anilines is 3. The van der Waals surface area contributed by atoms with Crippen LogP contribution in [0.2, 0.25) is 0 Å². The predicted molar refractivity (Wildman–Crippen MR) is 153 cm³/mol. The highest BCUT2D eigenvalue weighted by Gasteiger charge is 2.20. The van der Waals surface area contributed by atoms with Crippen LogP contribution >= 0.6 is 11.8 Å². The Kier molecular flexibility index (Phi) is 11.5. The quantitative estimate of drug-likeness (QED) is 0.0914. The minimum Gasteiger partial charge on any atom is -0.491 e. The minimum atomic E-state index is -0.596. The van der Waals surface area contributed by atoms with Gasteiger partial charge in [0.2, 0.25) is 5.91 Å². The second-order valence-corrected chi connectivity index (χ2v) is 9.15. The molecule has 0 aliphatic rings. The fourth-order valence-corrected chi connectivity index (χ4v) is 4.07. The van der Waals surface area contributed by atoms with Gasteiger partial charge in [0, 0.05) is 16.1 Å². The number of aliphatic hydroxyl groups excluding tert-OH is 1. The molecule has 0 aliphatic heterocycles. The number of hydrogen-bond acceptors (Lipinski definition) is 7. The number of carbonyl (C=O) groups is 2. The normalized spacial score (nSPS) is 11.6. The molecular formula is C29H33N3O5S. The van der Waals surface area contributed by atoms with Crippen LogP contribution < -0.4 is 21.1 Å². The first-order valence-corrected chi connectivity index (χ1v) is 13.5. The molecule has 3 rings (SSSR count). The number of aliphatic hydroxyl groups is 1. The summed E-state index contributed by atoms with van der Waals surface area (Å²) < 4.78 is 11.5. The van der Waals surface area contributed by atoms with E-state index in [-0.39, 0.29) is 19.1 Å². The second-order valence-electron chi connectivity index (χ2n) is 8.27. The van der Waals surface area contributed by atoms with Gasteiger partial charge in [0.15, 0.2) is 0 Å². The first-order valence-electron chi connectivity index (χ1n) is 12.3. The number of nitrogens with one attached hydrogen (secondary N) is 2. The number of nitrogen functional groups attached to an aromatic ring is 1. The molecule has 0 saturated carbocycles. The van der Waals surface area contributed by atoms with Crippen LogP contribution in [0, 0.1) is 0 Å². The molecule has 3 aromatic rings. The lowest BCUT2D eigenvalue weighted by molar-refractivity contribution is -0.111. The Morgan fingerprint density at radius 3 is 2.50 bits per heavy atom. The van der Waals surface area contributed by atoms with Gasteiger partial charge in [0.1, 0.15) is 18.5 Å². The lowest BCUT2D eigenvalue weighted by Gasteiger charge is -2.21. The molecular weight excluding hydrogens is 502 g/mol. The Hall–Kier alpha value is -3.95. The van der Waals surface area contributed by atoms with Crippen LogP contribution in [0.3, 0.4) is 0 Å². The molecule has 0 unspecified atom stereocenters. The van der Waals surface area contributed by atoms with Crippen LogP contribution in [0.1, 0.15) is 30.9 Å². The highest BCUT2D eigenvalue weighted by Crippen LogP contribution is 2.32. The topological polar surface area (TPSA) is 123 Å². The summed E-state index contributed by atoms with van der Waals surface area (Å²) in [6.45, 7) is -0.00459. The molecule has 0 heterocycles. The first-order chi connectivity index (χ1) is 18.5. The number of benzene rings is 3. The lowest BCUT2D eigenvalue weighted by Crippen LogP contribution is -2.18. The Labute approximate surface area is 227 Å². The summed E-state index contributed by atoms with van der Waals surface area (Å²) >= 11 is 1.62. The number of ether oxygens (including phenoxy) is 2. The van der Waals surface area contributed by atoms with Crippen molar-refractivity contribution >= 4 is 40.8 Å². The zero-order chi connectivity index (χ0) is 27.2. The van der Waals surface area contributed by atoms with Crippen molar-refractivity contribution in [2.45, 2.75) is 30.3 Å². The molecule has 0 radical (unpaired) electrons. The first kappa shape index (κ1) is 28.6. The van der Waals surface area contributed by atoms with E-state index in [9.17, 15) is 14.7 Å². The maximum Gasteiger partial charge on any atom is 0.412 e. The van der Waals surface area contributed by atoms with Crippen molar-refractivity contribution < 1.29 is 24.2 Å². The zero-order valence-corrected chi connectivity index (χ0v) is 22.1. The third-order valence-corrected chi connectivity index (χ3v) is 6.27. The van der Waals surface area contributed by atoms with E-state index < -0.39 is 12.2 Å². The molecule has 0 fully saturated rings. The molecule has 0 saturated heterocycles. The van der Waals surface area contributed by atoms with Gasteiger partial charge in [0.25, 0.3) is 0 Å². The summed E-state index contributed by atoms with van der Waals surface area (Å²) in [6, 6.07) is 21.8. The molecule has 2 amide bonds. The van der Waals surface area contributed by atoms with Crippen molar-refractivity contribution in [3.8, 4) is 5.75 Å². The van der Waals surface area contributed by atoms with Crippen molar-refractivity contribution in [1.29, 1.82) is 0 Å². The van der Waals surface area contributed by atoms with Gasteiger partial charge in [-0.05, 0) is 74.1 Å². The third-order valence-electron chi connectivity index (χ3n) is 5.53. The van der Waals surface area contributed by atoms with Crippen molar-refractivity contribution in [2.24, 2.45) is 0 Å². The van der Waals surface area contributed by atoms with Crippen molar-refractivity contribution in [1.82, 2.24) is 0 Å². The average molecular weight is 536 g/mol. The monoisotopic (exact) mass is 535 g/mol. The number of thioether (sulfide) groups is 1. The summed E-state index contributed by atoms with van der Waals surface area (Å²) in [5, 5.41) is 14.7. The number of carbonyl (C=O) groups excluding carboxylic acids is 2. The number of allylic oxidation sites excluding steroid dienone is 1. The maximum absolute atomic E-state index is 12.8. The molecule has 5 N–H and O–H groups in total. The summed E-state index contributed by atoms with van der Waals surface area (Å²) in [4.78, 5) is 26.1. The molecule has 8 nitrogen and oxygen atoms in total. The molecule has 0 aliphatic carbocycles. The van der Waals surface area contributed by atoms with E-state index in [1.807, 2.05) is 48.7 Å². The zero-order valence-electron chi connectivity index (χ0n) is 21.3. The summed E-state index contributed by atoms with van der Waals surface area (Å²) in [5.41, 5.74) is 8.25. The highest BCUT2D eigenvalue weighted by atomic mass is 32.2. The Morgan fingerprint density at radius 2 is 1.76 bits per heavy atom. The van der Waals surface area contributed by atoms with Crippen LogP contribution in [0.25, 0.3) is 0 Å². The average Bonchev–Trinajstić information content (AvgIpc) is 2.93. The molecule has 0 bridgehead atoms. The van der Waals surface area contributed by atoms with Gasteiger partial charge in [-0.2, -0.15) is 0 Å². The summed E-state index contributed by atoms with van der Waals surface area (Å²) in [6.07, 6.45) is 5.77. The number of unbranched alkanes of at least 4 members (excludes halogenated alkanes) is 1. The summed E-state index contributed by atoms with van der Waals surface area (Å²) in [7, 11) is 0. The van der Waals surface area contributed by atoms with Gasteiger partial charge in [-0.25, -0.2) is 4.79 Å². The van der Waals surface area contributed by atoms with E-state index in [4.69, 9.17) is 15.2 Å². The number of para-hydroxylation sites is 3. The van der Waals surface area contributed by atoms with E-state index in [0.717, 1.165) is 4.90 Å². The van der Waals surface area contributed by atoms with E-state index in [2.05, 4.69) is 10.6 Å². The van der Waals surface area contributed by atoms with Crippen molar-refractivity contribution in [3.05, 3.63) is 90.5 Å². The summed E-state index contributed by atoms with van der Waals surface area (Å²) in [5.74, 6) is 0.268. The Bertz CT molecular complexity index is 1220. The van der Waals surface area contributed by atoms with Crippen molar-refractivity contribution in [2.75, 3.05) is 35.8 Å². The van der Waals surface area contributed by atoms with Gasteiger partial charge < -0.3 is 25.6 Å². The van der Waals surface area contributed by atoms with E-state index in [1.165, 1.54) is 6.08 Å². The van der Waals surface area contributed by atoms with Gasteiger partial charge in [0.05, 0.1) is 18.0 Å². The molecule has 38 heavy (non-hydrogen) atoms. The van der Waals surface area contributed by atoms with Gasteiger partial charge in [-0.3, -0.25) is 10.1 Å². The van der Waals surface area contributed by atoms with Gasteiger partial charge >= 0.3 is 6.09 Å². The standard InChI is InChI=1S/C29H33N3O5S/c1-38-22-17-15-21(16-18-22)31-29(35)37-27(23-9-5-8-12-26(23)36-20-19-33)13-3-2-4-14-28(34)32-25-11-7-6-10-24(25)30/h4-12,14-18,27,33H,2-3,13,19-20,30H2,1H3,(H,31,35)(H,32,34)/b14-4+/t27-/m0/s1. The van der Waals surface area contributed by atoms with Gasteiger partial charge in [-0.1, -0.05) is 36.4 Å². The van der Waals surface area contributed by atoms with Crippen LogP contribution in [0.15, 0.2) is 89.8 Å². The van der Waals surface area contributed by atoms with Gasteiger partial charge in [-0.15, -0.1) is 11.8 Å². The number of rotatable bonds is 13. The number of nitrogens with two attached hydrogens (primary N) is 1. The fraction of sp³-hybridized carbons (Fsp3) is 0.241. The third kappa shape index (κ3) is 9.17. The highest BCUT2D eigenvalue weighted by molar-refractivity contribution is 7.98. The Morgan fingerprint density at radius 1 is 1.03 bits per heavy atom. The molecule has 1 atom stereocenters. The lowest BCUT2D eigenvalue weighted by atomic mass is 10.0. The van der Waals surface area contributed by atoms with Crippen LogP contribution in [0.5, 0.6) is 5.75 Å². The largest absolute Gasteiger partial charge is 0.491 e. The predicted octanol–water partition coefficient (Wildman–Crippen LogP) is 6.02. The minimum absolute atomic E-state index is 0.126. The van der Waals surface area contributed by atoms with E-state index in [0.29, 0.717) is 47.6 Å².